The van der Waals surface area contributed by atoms with Gasteiger partial charge >= 0.3 is 30.1 Å². The number of aliphatic carboxylic acids is 1. The summed E-state index contributed by atoms with van der Waals surface area (Å²) in [5.74, 6) is -2.81. The minimum atomic E-state index is -6.85. The molecule has 26 heavy (non-hydrogen) atoms. The number of benzene rings is 1. The van der Waals surface area contributed by atoms with Crippen LogP contribution in [0.25, 0.3) is 0 Å². The SMILES string of the molecule is NC(Cc1ccc(OC(C(F)(F)F)(C(F)(F)F)C(F)(F)F)cc1)C(=O)O. The van der Waals surface area contributed by atoms with Crippen LogP contribution in [-0.2, 0) is 11.2 Å². The normalized spacial score (nSPS) is 14.8. The molecular weight excluding hydrogens is 389 g/mol. The Balaban J connectivity index is 3.27. The zero-order valence-electron chi connectivity index (χ0n) is 12.3. The van der Waals surface area contributed by atoms with Gasteiger partial charge in [-0.05, 0) is 24.1 Å². The molecule has 1 aromatic carbocycles. The van der Waals surface area contributed by atoms with E-state index in [0.717, 1.165) is 12.1 Å². The first-order valence-electron chi connectivity index (χ1n) is 6.49. The molecule has 0 radical (unpaired) electrons. The van der Waals surface area contributed by atoms with Crippen LogP contribution in [-0.4, -0.2) is 41.2 Å². The van der Waals surface area contributed by atoms with Gasteiger partial charge in [0.2, 0.25) is 0 Å². The molecule has 0 bridgehead atoms. The first-order chi connectivity index (χ1) is 11.5. The molecule has 4 nitrogen and oxygen atoms in total. The van der Waals surface area contributed by atoms with E-state index in [0.29, 0.717) is 12.1 Å². The van der Waals surface area contributed by atoms with Crippen molar-refractivity contribution in [2.75, 3.05) is 0 Å². The molecule has 0 fully saturated rings. The number of nitrogens with two attached hydrogens (primary N) is 1. The molecule has 0 aliphatic carbocycles. The van der Waals surface area contributed by atoms with E-state index in [1.807, 2.05) is 0 Å². The third kappa shape index (κ3) is 4.14. The molecule has 0 heterocycles. The number of carboxylic acid groups (broad SMARTS) is 1. The topological polar surface area (TPSA) is 72.5 Å². The summed E-state index contributed by atoms with van der Waals surface area (Å²) in [5, 5.41) is 8.59. The number of carbonyl (C=O) groups is 1. The van der Waals surface area contributed by atoms with Crippen molar-refractivity contribution in [2.45, 2.75) is 36.6 Å². The summed E-state index contributed by atoms with van der Waals surface area (Å²) < 4.78 is 118. The second kappa shape index (κ2) is 6.85. The molecule has 1 aromatic rings. The summed E-state index contributed by atoms with van der Waals surface area (Å²) in [7, 11) is 0. The van der Waals surface area contributed by atoms with Gasteiger partial charge in [-0.25, -0.2) is 0 Å². The zero-order valence-corrected chi connectivity index (χ0v) is 12.3. The van der Waals surface area contributed by atoms with Crippen LogP contribution in [0.15, 0.2) is 24.3 Å². The fourth-order valence-corrected chi connectivity index (χ4v) is 1.87. The van der Waals surface area contributed by atoms with Gasteiger partial charge in [0.25, 0.3) is 0 Å². The van der Waals surface area contributed by atoms with Gasteiger partial charge in [0.1, 0.15) is 11.8 Å². The quantitative estimate of drug-likeness (QED) is 0.745. The molecule has 0 aliphatic rings. The maximum absolute atomic E-state index is 12.7. The highest BCUT2D eigenvalue weighted by Crippen LogP contribution is 2.54. The Morgan fingerprint density at radius 1 is 0.923 bits per heavy atom. The lowest BCUT2D eigenvalue weighted by atomic mass is 10.0. The molecular formula is C13H10F9NO3. The van der Waals surface area contributed by atoms with Crippen LogP contribution >= 0.6 is 0 Å². The Morgan fingerprint density at radius 3 is 1.62 bits per heavy atom. The Bertz CT molecular complexity index is 598. The van der Waals surface area contributed by atoms with E-state index in [1.54, 1.807) is 0 Å². The first kappa shape index (κ1) is 21.9. The van der Waals surface area contributed by atoms with Crippen LogP contribution in [0.1, 0.15) is 5.56 Å². The van der Waals surface area contributed by atoms with Crippen LogP contribution in [0, 0.1) is 0 Å². The third-order valence-electron chi connectivity index (χ3n) is 3.16. The van der Waals surface area contributed by atoms with Crippen molar-refractivity contribution >= 4 is 5.97 Å². The van der Waals surface area contributed by atoms with E-state index in [1.165, 1.54) is 0 Å². The van der Waals surface area contributed by atoms with Crippen molar-refractivity contribution in [2.24, 2.45) is 5.73 Å². The van der Waals surface area contributed by atoms with E-state index in [2.05, 4.69) is 4.74 Å². The van der Waals surface area contributed by atoms with Gasteiger partial charge in [-0.2, -0.15) is 39.5 Å². The van der Waals surface area contributed by atoms with Gasteiger partial charge in [0.15, 0.2) is 0 Å². The summed E-state index contributed by atoms with van der Waals surface area (Å²) >= 11 is 0. The van der Waals surface area contributed by atoms with Crippen LogP contribution in [0.4, 0.5) is 39.5 Å². The summed E-state index contributed by atoms with van der Waals surface area (Å²) in [6, 6.07) is 1.00. The van der Waals surface area contributed by atoms with Gasteiger partial charge < -0.3 is 15.6 Å². The molecule has 3 N–H and O–H groups in total. The van der Waals surface area contributed by atoms with Gasteiger partial charge in [0, 0.05) is 0 Å². The molecule has 13 heteroatoms. The zero-order chi connectivity index (χ0) is 20.6. The second-order valence-electron chi connectivity index (χ2n) is 5.07. The van der Waals surface area contributed by atoms with Crippen molar-refractivity contribution in [3.8, 4) is 5.75 Å². The summed E-state index contributed by atoms with van der Waals surface area (Å²) in [5.41, 5.74) is -1.20. The average molecular weight is 399 g/mol. The van der Waals surface area contributed by atoms with E-state index >= 15 is 0 Å². The Morgan fingerprint density at radius 2 is 1.31 bits per heavy atom. The number of hydrogen-bond acceptors (Lipinski definition) is 3. The molecule has 148 valence electrons. The third-order valence-corrected chi connectivity index (χ3v) is 3.16. The molecule has 0 aliphatic heterocycles. The van der Waals surface area contributed by atoms with Crippen LogP contribution in [0.3, 0.4) is 0 Å². The minimum Gasteiger partial charge on any atom is -0.480 e. The number of carboxylic acids is 1. The summed E-state index contributed by atoms with van der Waals surface area (Å²) in [4.78, 5) is 10.6. The Labute approximate surface area is 139 Å². The van der Waals surface area contributed by atoms with Crippen molar-refractivity contribution in [3.05, 3.63) is 29.8 Å². The maximum Gasteiger partial charge on any atom is 0.447 e. The number of rotatable bonds is 5. The van der Waals surface area contributed by atoms with Crippen molar-refractivity contribution < 1.29 is 54.2 Å². The van der Waals surface area contributed by atoms with E-state index in [9.17, 15) is 44.3 Å². The molecule has 1 unspecified atom stereocenters. The predicted octanol–water partition coefficient (Wildman–Crippen LogP) is 3.45. The standard InChI is InChI=1S/C13H10F9NO3/c14-11(15,16)10(12(17,18)19,13(20,21)22)26-7-3-1-6(2-4-7)5-8(23)9(24)25/h1-4,8H,5,23H2,(H,24,25). The smallest absolute Gasteiger partial charge is 0.447 e. The maximum atomic E-state index is 12.7. The summed E-state index contributed by atoms with van der Waals surface area (Å²) in [6.07, 6.45) is -20.9. The predicted molar refractivity (Wildman–Crippen MR) is 67.3 cm³/mol. The monoisotopic (exact) mass is 399 g/mol. The number of halogens is 9. The van der Waals surface area contributed by atoms with E-state index in [-0.39, 0.29) is 12.0 Å². The average Bonchev–Trinajstić information content (AvgIpc) is 2.42. The largest absolute Gasteiger partial charge is 0.480 e. The Kier molecular flexibility index (Phi) is 5.76. The number of ether oxygens (including phenoxy) is 1. The molecule has 0 spiro atoms. The van der Waals surface area contributed by atoms with Crippen LogP contribution in [0.2, 0.25) is 0 Å². The van der Waals surface area contributed by atoms with Crippen molar-refractivity contribution in [1.29, 1.82) is 0 Å². The molecule has 1 atom stereocenters. The molecule has 1 rings (SSSR count). The molecule has 0 saturated carbocycles. The van der Waals surface area contributed by atoms with Crippen LogP contribution < -0.4 is 10.5 Å². The highest BCUT2D eigenvalue weighted by Gasteiger charge is 2.86. The molecule has 0 aromatic heterocycles. The van der Waals surface area contributed by atoms with Gasteiger partial charge in [-0.1, -0.05) is 12.1 Å². The highest BCUT2D eigenvalue weighted by atomic mass is 19.4. The van der Waals surface area contributed by atoms with Crippen molar-refractivity contribution in [1.82, 2.24) is 0 Å². The van der Waals surface area contributed by atoms with Gasteiger partial charge in [-0.3, -0.25) is 4.79 Å². The van der Waals surface area contributed by atoms with Crippen molar-refractivity contribution in [3.63, 3.8) is 0 Å². The lowest BCUT2D eigenvalue weighted by molar-refractivity contribution is -0.436. The molecule has 0 amide bonds. The number of hydrogen-bond donors (Lipinski definition) is 2. The van der Waals surface area contributed by atoms with E-state index in [4.69, 9.17) is 10.8 Å². The number of alkyl halides is 9. The highest BCUT2D eigenvalue weighted by molar-refractivity contribution is 5.73. The lowest BCUT2D eigenvalue weighted by Crippen LogP contribution is -2.69. The molecule has 0 saturated heterocycles. The lowest BCUT2D eigenvalue weighted by Gasteiger charge is -2.38. The van der Waals surface area contributed by atoms with Gasteiger partial charge in [0.05, 0.1) is 0 Å². The van der Waals surface area contributed by atoms with Gasteiger partial charge in [-0.15, -0.1) is 0 Å². The Hall–Kier alpha value is -2.18. The van der Waals surface area contributed by atoms with Crippen LogP contribution in [0.5, 0.6) is 5.75 Å². The minimum absolute atomic E-state index is 0.0453. The fourth-order valence-electron chi connectivity index (χ4n) is 1.87. The fraction of sp³-hybridized carbons (Fsp3) is 0.462. The first-order valence-corrected chi connectivity index (χ1v) is 6.49. The second-order valence-corrected chi connectivity index (χ2v) is 5.07. The van der Waals surface area contributed by atoms with E-state index < -0.39 is 41.9 Å². The summed E-state index contributed by atoms with van der Waals surface area (Å²) in [6.45, 7) is 0.